The van der Waals surface area contributed by atoms with E-state index in [1.54, 1.807) is 14.0 Å². The van der Waals surface area contributed by atoms with Gasteiger partial charge in [-0.15, -0.1) is 0 Å². The Kier molecular flexibility index (Phi) is 2.88. The quantitative estimate of drug-likeness (QED) is 0.726. The lowest BCUT2D eigenvalue weighted by atomic mass is 9.70. The van der Waals surface area contributed by atoms with E-state index in [2.05, 4.69) is 0 Å². The van der Waals surface area contributed by atoms with E-state index in [4.69, 9.17) is 4.74 Å². The van der Waals surface area contributed by atoms with Crippen LogP contribution in [-0.4, -0.2) is 30.2 Å². The van der Waals surface area contributed by atoms with Crippen molar-refractivity contribution in [2.24, 2.45) is 5.92 Å². The summed E-state index contributed by atoms with van der Waals surface area (Å²) in [5, 5.41) is 0. The van der Waals surface area contributed by atoms with Crippen LogP contribution in [0, 0.1) is 10.8 Å². The van der Waals surface area contributed by atoms with Crippen molar-refractivity contribution in [2.45, 2.75) is 31.7 Å². The molecule has 1 aliphatic heterocycles. The number of hydrogen-bond acceptors (Lipinski definition) is 3. The molecule has 1 aliphatic carbocycles. The van der Waals surface area contributed by atoms with Crippen LogP contribution in [0.5, 0.6) is 5.75 Å². The molecule has 1 fully saturated rings. The number of Topliss-reactive ketones (excluding diaryl/α,β-unsaturated/α-hetero) is 1. The van der Waals surface area contributed by atoms with Gasteiger partial charge in [-0.1, -0.05) is 6.07 Å². The Labute approximate surface area is 112 Å². The van der Waals surface area contributed by atoms with Crippen LogP contribution in [0.15, 0.2) is 18.2 Å². The molecule has 19 heavy (non-hydrogen) atoms. The summed E-state index contributed by atoms with van der Waals surface area (Å²) in [6.07, 6.45) is 1.82. The second-order valence-corrected chi connectivity index (χ2v) is 5.52. The maximum Gasteiger partial charge on any atom is 0.256 e. The summed E-state index contributed by atoms with van der Waals surface area (Å²) in [6.45, 7) is 2.19. The summed E-state index contributed by atoms with van der Waals surface area (Å²) in [7, 11) is 1.65. The molecule has 0 saturated carbocycles. The summed E-state index contributed by atoms with van der Waals surface area (Å²) in [6, 6.07) is 5.40. The SMILES string of the molecule is COc1ccc2c(c1)CCC1C[N+](=O)[C@H](C)C(=O)[C@@H]21. The zero-order valence-corrected chi connectivity index (χ0v) is 11.3. The predicted octanol–water partition coefficient (Wildman–Crippen LogP) is 2.09. The molecular weight excluding hydrogens is 242 g/mol. The molecule has 1 aromatic rings. The number of fused-ring (bicyclic) bond motifs is 3. The number of ether oxygens (including phenoxy) is 1. The van der Waals surface area contributed by atoms with Crippen molar-refractivity contribution < 1.29 is 14.3 Å². The Balaban J connectivity index is 2.03. The fraction of sp³-hybridized carbons (Fsp3) is 0.533. The molecule has 1 heterocycles. The smallest absolute Gasteiger partial charge is 0.256 e. The number of aryl methyl sites for hydroxylation is 1. The summed E-state index contributed by atoms with van der Waals surface area (Å²) >= 11 is 0. The molecule has 0 amide bonds. The average molecular weight is 260 g/mol. The minimum Gasteiger partial charge on any atom is -0.497 e. The van der Waals surface area contributed by atoms with Gasteiger partial charge in [0.1, 0.15) is 5.75 Å². The van der Waals surface area contributed by atoms with Gasteiger partial charge in [0.15, 0.2) is 6.54 Å². The van der Waals surface area contributed by atoms with E-state index in [-0.39, 0.29) is 17.6 Å². The number of carbonyl (C=O) groups excluding carboxylic acids is 1. The number of carbonyl (C=O) groups is 1. The van der Waals surface area contributed by atoms with Gasteiger partial charge in [-0.25, -0.2) is 0 Å². The van der Waals surface area contributed by atoms with Crippen LogP contribution in [0.2, 0.25) is 0 Å². The minimum atomic E-state index is -0.519. The Morgan fingerprint density at radius 1 is 1.37 bits per heavy atom. The normalized spacial score (nSPS) is 29.7. The van der Waals surface area contributed by atoms with Gasteiger partial charge in [0.25, 0.3) is 6.04 Å². The summed E-state index contributed by atoms with van der Waals surface area (Å²) in [5.41, 5.74) is 2.29. The molecule has 0 bridgehead atoms. The Bertz CT molecular complexity index is 552. The molecule has 0 aromatic heterocycles. The van der Waals surface area contributed by atoms with Crippen molar-refractivity contribution >= 4 is 5.78 Å². The number of nitrogens with zero attached hydrogens (tertiary/aromatic N) is 1. The third-order valence-electron chi connectivity index (χ3n) is 4.51. The van der Waals surface area contributed by atoms with Crippen molar-refractivity contribution in [3.63, 3.8) is 0 Å². The van der Waals surface area contributed by atoms with E-state index in [1.165, 1.54) is 5.56 Å². The molecule has 0 spiro atoms. The lowest BCUT2D eigenvalue weighted by Crippen LogP contribution is -2.47. The van der Waals surface area contributed by atoms with Crippen LogP contribution in [0.4, 0.5) is 0 Å². The lowest BCUT2D eigenvalue weighted by Gasteiger charge is -2.34. The van der Waals surface area contributed by atoms with E-state index in [0.717, 1.165) is 28.9 Å². The summed E-state index contributed by atoms with van der Waals surface area (Å²) < 4.78 is 6.18. The number of rotatable bonds is 1. The first-order valence-electron chi connectivity index (χ1n) is 6.76. The molecule has 1 aromatic carbocycles. The first kappa shape index (κ1) is 12.3. The number of benzene rings is 1. The molecule has 4 heteroatoms. The molecule has 1 saturated heterocycles. The van der Waals surface area contributed by atoms with Crippen molar-refractivity contribution in [1.29, 1.82) is 0 Å². The predicted molar refractivity (Wildman–Crippen MR) is 70.5 cm³/mol. The number of ketones is 1. The third kappa shape index (κ3) is 1.86. The van der Waals surface area contributed by atoms with Gasteiger partial charge in [0.2, 0.25) is 5.78 Å². The van der Waals surface area contributed by atoms with Crippen molar-refractivity contribution in [3.05, 3.63) is 34.2 Å². The van der Waals surface area contributed by atoms with E-state index in [9.17, 15) is 9.70 Å². The largest absolute Gasteiger partial charge is 0.497 e. The van der Waals surface area contributed by atoms with E-state index < -0.39 is 6.04 Å². The highest BCUT2D eigenvalue weighted by atomic mass is 16.5. The fourth-order valence-electron chi connectivity index (χ4n) is 3.36. The van der Waals surface area contributed by atoms with Crippen LogP contribution >= 0.6 is 0 Å². The molecule has 3 rings (SSSR count). The van der Waals surface area contributed by atoms with Crippen molar-refractivity contribution in [2.75, 3.05) is 13.7 Å². The maximum atomic E-state index is 12.4. The molecule has 0 radical (unpaired) electrons. The molecule has 4 nitrogen and oxygen atoms in total. The zero-order chi connectivity index (χ0) is 13.6. The van der Waals surface area contributed by atoms with Crippen LogP contribution in [0.25, 0.3) is 0 Å². The van der Waals surface area contributed by atoms with Crippen LogP contribution in [-0.2, 0) is 11.2 Å². The Hall–Kier alpha value is -1.71. The van der Waals surface area contributed by atoms with Gasteiger partial charge < -0.3 is 4.74 Å². The van der Waals surface area contributed by atoms with Gasteiger partial charge in [0.05, 0.1) is 13.0 Å². The van der Waals surface area contributed by atoms with E-state index in [1.807, 2.05) is 18.2 Å². The minimum absolute atomic E-state index is 0.0670. The van der Waals surface area contributed by atoms with Gasteiger partial charge in [0, 0.05) is 22.5 Å². The molecule has 1 unspecified atom stereocenters. The van der Waals surface area contributed by atoms with Crippen molar-refractivity contribution in [1.82, 2.24) is 0 Å². The fourth-order valence-corrected chi connectivity index (χ4v) is 3.36. The zero-order valence-electron chi connectivity index (χ0n) is 11.3. The highest BCUT2D eigenvalue weighted by Gasteiger charge is 2.48. The first-order chi connectivity index (χ1) is 9.11. The maximum absolute atomic E-state index is 12.4. The topological polar surface area (TPSA) is 46.4 Å². The molecule has 0 N–H and O–H groups in total. The average Bonchev–Trinajstić information content (AvgIpc) is 2.43. The Morgan fingerprint density at radius 2 is 2.16 bits per heavy atom. The third-order valence-corrected chi connectivity index (χ3v) is 4.51. The molecular formula is C15H18NO3+. The first-order valence-corrected chi connectivity index (χ1v) is 6.76. The van der Waals surface area contributed by atoms with E-state index in [0.29, 0.717) is 6.54 Å². The number of hydrogen-bond donors (Lipinski definition) is 0. The number of piperidine rings is 1. The number of methoxy groups -OCH3 is 1. The van der Waals surface area contributed by atoms with Crippen LogP contribution in [0.3, 0.4) is 0 Å². The summed E-state index contributed by atoms with van der Waals surface area (Å²) in [5.74, 6) is 0.966. The van der Waals surface area contributed by atoms with Gasteiger partial charge in [-0.2, -0.15) is 0 Å². The second-order valence-electron chi connectivity index (χ2n) is 5.52. The monoisotopic (exact) mass is 260 g/mol. The molecule has 3 atom stereocenters. The second kappa shape index (κ2) is 4.44. The van der Waals surface area contributed by atoms with Gasteiger partial charge in [-0.05, 0) is 36.1 Å². The van der Waals surface area contributed by atoms with Crippen molar-refractivity contribution in [3.8, 4) is 5.75 Å². The van der Waals surface area contributed by atoms with Gasteiger partial charge in [-0.3, -0.25) is 4.79 Å². The standard InChI is InChI=1S/C15H18NO3/c1-9-15(17)14-11(8-16(9)18)4-3-10-7-12(19-2)5-6-13(10)14/h5-7,9,11,14H,3-4,8H2,1-2H3/q+1/t9-,11?,14-/m1/s1. The lowest BCUT2D eigenvalue weighted by molar-refractivity contribution is -0.582. The highest BCUT2D eigenvalue weighted by molar-refractivity contribution is 5.90. The Morgan fingerprint density at radius 3 is 2.89 bits per heavy atom. The highest BCUT2D eigenvalue weighted by Crippen LogP contribution is 2.41. The number of nitroso groups, excluding NO2 is 1. The molecule has 100 valence electrons. The van der Waals surface area contributed by atoms with Crippen LogP contribution in [0.1, 0.15) is 30.4 Å². The van der Waals surface area contributed by atoms with Crippen LogP contribution < -0.4 is 4.74 Å². The van der Waals surface area contributed by atoms with Gasteiger partial charge >= 0.3 is 0 Å². The molecule has 2 aliphatic rings. The summed E-state index contributed by atoms with van der Waals surface area (Å²) in [4.78, 5) is 24.2. The van der Waals surface area contributed by atoms with E-state index >= 15 is 0 Å².